The van der Waals surface area contributed by atoms with Crippen LogP contribution in [0.4, 0.5) is 0 Å². The zero-order chi connectivity index (χ0) is 14.6. The number of ether oxygens (including phenoxy) is 1. The Morgan fingerprint density at radius 1 is 1.45 bits per heavy atom. The van der Waals surface area contributed by atoms with Gasteiger partial charge in [0.2, 0.25) is 0 Å². The quantitative estimate of drug-likeness (QED) is 0.855. The molecule has 0 aliphatic heterocycles. The van der Waals surface area contributed by atoms with E-state index >= 15 is 0 Å². The lowest BCUT2D eigenvalue weighted by molar-refractivity contribution is -0.0577. The molecule has 114 valence electrons. The van der Waals surface area contributed by atoms with E-state index in [-0.39, 0.29) is 6.10 Å². The molecule has 2 rings (SSSR count). The Morgan fingerprint density at radius 2 is 2.25 bits per heavy atom. The first-order chi connectivity index (χ1) is 9.44. The van der Waals surface area contributed by atoms with Crippen molar-refractivity contribution in [2.24, 2.45) is 11.3 Å². The topological polar surface area (TPSA) is 34.4 Å². The van der Waals surface area contributed by atoms with Gasteiger partial charge in [-0.25, -0.2) is 0 Å². The second-order valence-electron chi connectivity index (χ2n) is 7.19. The second kappa shape index (κ2) is 6.77. The summed E-state index contributed by atoms with van der Waals surface area (Å²) in [5.41, 5.74) is 0.420. The van der Waals surface area contributed by atoms with Crippen LogP contribution in [-0.2, 0) is 11.3 Å². The first-order valence-electron chi connectivity index (χ1n) is 7.83. The maximum absolute atomic E-state index is 6.22. The van der Waals surface area contributed by atoms with Crippen LogP contribution in [0.2, 0.25) is 0 Å². The molecule has 1 aromatic heterocycles. The first-order valence-corrected chi connectivity index (χ1v) is 7.83. The molecule has 0 spiro atoms. The number of rotatable bonds is 6. The highest BCUT2D eigenvalue weighted by atomic mass is 16.5. The lowest BCUT2D eigenvalue weighted by Crippen LogP contribution is -2.37. The summed E-state index contributed by atoms with van der Waals surface area (Å²) in [5.74, 6) is 1.75. The molecule has 3 unspecified atom stereocenters. The summed E-state index contributed by atoms with van der Waals surface area (Å²) in [4.78, 5) is 0. The number of furan rings is 1. The third-order valence-electron chi connectivity index (χ3n) is 4.08. The van der Waals surface area contributed by atoms with E-state index in [4.69, 9.17) is 9.15 Å². The summed E-state index contributed by atoms with van der Waals surface area (Å²) in [5, 5.41) is 3.39. The highest BCUT2D eigenvalue weighted by molar-refractivity contribution is 4.97. The van der Waals surface area contributed by atoms with Crippen molar-refractivity contribution in [2.75, 3.05) is 6.54 Å². The molecule has 0 aromatic carbocycles. The molecular weight excluding hydrogens is 250 g/mol. The van der Waals surface area contributed by atoms with Crippen molar-refractivity contribution < 1.29 is 9.15 Å². The maximum Gasteiger partial charge on any atom is 0.117 e. The van der Waals surface area contributed by atoms with Crippen molar-refractivity contribution in [3.63, 3.8) is 0 Å². The second-order valence-corrected chi connectivity index (χ2v) is 7.19. The van der Waals surface area contributed by atoms with E-state index in [0.717, 1.165) is 24.8 Å². The van der Waals surface area contributed by atoms with Crippen LogP contribution in [-0.4, -0.2) is 18.8 Å². The van der Waals surface area contributed by atoms with Gasteiger partial charge in [0.25, 0.3) is 0 Å². The molecule has 20 heavy (non-hydrogen) atoms. The van der Waals surface area contributed by atoms with E-state index in [2.05, 4.69) is 33.0 Å². The van der Waals surface area contributed by atoms with E-state index < -0.39 is 0 Å². The molecule has 0 bridgehead atoms. The van der Waals surface area contributed by atoms with E-state index in [1.165, 1.54) is 19.3 Å². The molecule has 0 saturated heterocycles. The predicted octanol–water partition coefficient (Wildman–Crippen LogP) is 3.99. The molecule has 1 fully saturated rings. The Hall–Kier alpha value is -0.800. The van der Waals surface area contributed by atoms with Crippen molar-refractivity contribution in [3.8, 4) is 0 Å². The SMILES string of the molecule is CC1CC(OC(C)CNCc2ccco2)CC(C)(C)C1. The van der Waals surface area contributed by atoms with E-state index in [1.807, 2.05) is 12.1 Å². The van der Waals surface area contributed by atoms with Crippen molar-refractivity contribution in [1.82, 2.24) is 5.32 Å². The molecule has 1 aliphatic rings. The highest BCUT2D eigenvalue weighted by Crippen LogP contribution is 2.39. The van der Waals surface area contributed by atoms with Crippen LogP contribution in [0.3, 0.4) is 0 Å². The fourth-order valence-electron chi connectivity index (χ4n) is 3.55. The predicted molar refractivity (Wildman–Crippen MR) is 81.5 cm³/mol. The van der Waals surface area contributed by atoms with E-state index in [0.29, 0.717) is 11.5 Å². The molecule has 1 aliphatic carbocycles. The van der Waals surface area contributed by atoms with Crippen LogP contribution in [0.25, 0.3) is 0 Å². The molecule has 3 atom stereocenters. The summed E-state index contributed by atoms with van der Waals surface area (Å²) in [7, 11) is 0. The van der Waals surface area contributed by atoms with Gasteiger partial charge < -0.3 is 14.5 Å². The lowest BCUT2D eigenvalue weighted by atomic mass is 9.71. The summed E-state index contributed by atoms with van der Waals surface area (Å²) in [6, 6.07) is 3.91. The fraction of sp³-hybridized carbons (Fsp3) is 0.765. The monoisotopic (exact) mass is 279 g/mol. The maximum atomic E-state index is 6.22. The van der Waals surface area contributed by atoms with Gasteiger partial charge in [-0.2, -0.15) is 0 Å². The molecule has 1 heterocycles. The summed E-state index contributed by atoms with van der Waals surface area (Å²) in [6.45, 7) is 10.9. The van der Waals surface area contributed by atoms with Gasteiger partial charge in [-0.15, -0.1) is 0 Å². The minimum Gasteiger partial charge on any atom is -0.468 e. The molecular formula is C17H29NO2. The van der Waals surface area contributed by atoms with Gasteiger partial charge in [0.1, 0.15) is 5.76 Å². The number of hydrogen-bond acceptors (Lipinski definition) is 3. The fourth-order valence-corrected chi connectivity index (χ4v) is 3.55. The molecule has 3 nitrogen and oxygen atoms in total. The van der Waals surface area contributed by atoms with Crippen molar-refractivity contribution in [2.45, 2.75) is 65.7 Å². The third-order valence-corrected chi connectivity index (χ3v) is 4.08. The van der Waals surface area contributed by atoms with Crippen LogP contribution in [0.1, 0.15) is 52.7 Å². The zero-order valence-electron chi connectivity index (χ0n) is 13.3. The van der Waals surface area contributed by atoms with Crippen molar-refractivity contribution >= 4 is 0 Å². The van der Waals surface area contributed by atoms with Crippen molar-refractivity contribution in [1.29, 1.82) is 0 Å². The largest absolute Gasteiger partial charge is 0.468 e. The van der Waals surface area contributed by atoms with E-state index in [9.17, 15) is 0 Å². The van der Waals surface area contributed by atoms with Crippen LogP contribution < -0.4 is 5.32 Å². The Balaban J connectivity index is 1.69. The van der Waals surface area contributed by atoms with Gasteiger partial charge in [0.15, 0.2) is 0 Å². The first kappa shape index (κ1) is 15.6. The molecule has 1 aromatic rings. The Kier molecular flexibility index (Phi) is 5.28. The molecule has 3 heteroatoms. The van der Waals surface area contributed by atoms with Crippen LogP contribution >= 0.6 is 0 Å². The minimum absolute atomic E-state index is 0.246. The van der Waals surface area contributed by atoms with Crippen LogP contribution in [0.15, 0.2) is 22.8 Å². The standard InChI is InChI=1S/C17H29NO2/c1-13-8-16(10-17(3,4)9-13)20-14(2)11-18-12-15-6-5-7-19-15/h5-7,13-14,16,18H,8-12H2,1-4H3. The molecule has 1 saturated carbocycles. The Bertz CT molecular complexity index is 386. The number of hydrogen-bond donors (Lipinski definition) is 1. The summed E-state index contributed by atoms with van der Waals surface area (Å²) >= 11 is 0. The molecule has 0 radical (unpaired) electrons. The summed E-state index contributed by atoms with van der Waals surface area (Å²) in [6.07, 6.45) is 6.07. The van der Waals surface area contributed by atoms with Gasteiger partial charge in [-0.3, -0.25) is 0 Å². The van der Waals surface area contributed by atoms with Gasteiger partial charge >= 0.3 is 0 Å². The molecule has 0 amide bonds. The van der Waals surface area contributed by atoms with Crippen LogP contribution in [0, 0.1) is 11.3 Å². The van der Waals surface area contributed by atoms with Gasteiger partial charge in [-0.05, 0) is 49.7 Å². The van der Waals surface area contributed by atoms with E-state index in [1.54, 1.807) is 6.26 Å². The average Bonchev–Trinajstić information content (AvgIpc) is 2.78. The Morgan fingerprint density at radius 3 is 2.90 bits per heavy atom. The Labute approximate surface area is 123 Å². The average molecular weight is 279 g/mol. The third kappa shape index (κ3) is 4.95. The van der Waals surface area contributed by atoms with Gasteiger partial charge in [-0.1, -0.05) is 20.8 Å². The van der Waals surface area contributed by atoms with Crippen LogP contribution in [0.5, 0.6) is 0 Å². The highest BCUT2D eigenvalue weighted by Gasteiger charge is 2.33. The van der Waals surface area contributed by atoms with Gasteiger partial charge in [0, 0.05) is 6.54 Å². The normalized spacial score (nSPS) is 27.4. The zero-order valence-corrected chi connectivity index (χ0v) is 13.3. The summed E-state index contributed by atoms with van der Waals surface area (Å²) < 4.78 is 11.5. The van der Waals surface area contributed by atoms with Crippen molar-refractivity contribution in [3.05, 3.63) is 24.2 Å². The molecule has 1 N–H and O–H groups in total. The smallest absolute Gasteiger partial charge is 0.117 e. The lowest BCUT2D eigenvalue weighted by Gasteiger charge is -2.39. The number of nitrogens with one attached hydrogen (secondary N) is 1. The minimum atomic E-state index is 0.246. The van der Waals surface area contributed by atoms with Gasteiger partial charge in [0.05, 0.1) is 25.0 Å².